The molecular weight excluding hydrogens is 603 g/mol. The number of nitrogens with one attached hydrogen (secondary N) is 1. The molecule has 0 heterocycles. The topological polar surface area (TPSA) is 130 Å². The molecule has 0 aromatic heterocycles. The van der Waals surface area contributed by atoms with Crippen molar-refractivity contribution < 1.29 is 28.7 Å². The molecular formula is C29H32Cl2N4O6S. The number of thioether (sulfide) groups is 1. The summed E-state index contributed by atoms with van der Waals surface area (Å²) in [5.41, 5.74) is 0.231. The van der Waals surface area contributed by atoms with E-state index in [9.17, 15) is 19.6 Å². The van der Waals surface area contributed by atoms with Gasteiger partial charge >= 0.3 is 12.1 Å². The molecule has 224 valence electrons. The molecule has 2 aromatic rings. The first-order valence-corrected chi connectivity index (χ1v) is 14.5. The highest BCUT2D eigenvalue weighted by molar-refractivity contribution is 8.15. The number of benzene rings is 2. The van der Waals surface area contributed by atoms with Crippen LogP contribution in [0.25, 0.3) is 0 Å². The minimum atomic E-state index is -1.03. The van der Waals surface area contributed by atoms with Gasteiger partial charge in [-0.05, 0) is 47.9 Å². The van der Waals surface area contributed by atoms with Crippen molar-refractivity contribution in [3.8, 4) is 17.6 Å². The van der Waals surface area contributed by atoms with Crippen LogP contribution in [0.5, 0.6) is 11.5 Å². The number of amides is 2. The molecule has 1 saturated carbocycles. The van der Waals surface area contributed by atoms with Crippen molar-refractivity contribution in [3.05, 3.63) is 70.7 Å². The van der Waals surface area contributed by atoms with Gasteiger partial charge < -0.3 is 19.7 Å². The van der Waals surface area contributed by atoms with Gasteiger partial charge in [0.25, 0.3) is 5.91 Å². The Kier molecular flexibility index (Phi) is 13.2. The van der Waals surface area contributed by atoms with E-state index in [1.807, 2.05) is 50.2 Å². The molecule has 10 nitrogen and oxygen atoms in total. The third-order valence-electron chi connectivity index (χ3n) is 6.16. The number of hydrogen-bond acceptors (Lipinski definition) is 9. The molecule has 2 amide bonds. The molecule has 42 heavy (non-hydrogen) atoms. The summed E-state index contributed by atoms with van der Waals surface area (Å²) in [6.07, 6.45) is 1.58. The molecule has 13 heteroatoms. The maximum atomic E-state index is 12.6. The number of esters is 1. The molecule has 0 bridgehead atoms. The van der Waals surface area contributed by atoms with Gasteiger partial charge in [-0.1, -0.05) is 72.5 Å². The number of nitrogens with zero attached hydrogens (tertiary/aromatic N) is 3. The average molecular weight is 636 g/mol. The number of oxime groups is 1. The quantitative estimate of drug-likeness (QED) is 0.124. The average Bonchev–Trinajstić information content (AvgIpc) is 3.50. The van der Waals surface area contributed by atoms with Crippen molar-refractivity contribution in [1.82, 2.24) is 10.2 Å². The van der Waals surface area contributed by atoms with Gasteiger partial charge in [-0.2, -0.15) is 5.26 Å². The molecule has 3 unspecified atom stereocenters. The molecule has 1 aliphatic rings. The smallest absolute Gasteiger partial charge is 0.433 e. The predicted octanol–water partition coefficient (Wildman–Crippen LogP) is 6.29. The highest BCUT2D eigenvalue weighted by Crippen LogP contribution is 2.60. The number of allylic oxidation sites excluding steroid dienone is 1. The van der Waals surface area contributed by atoms with Gasteiger partial charge in [-0.15, -0.1) is 11.8 Å². The van der Waals surface area contributed by atoms with E-state index in [1.165, 1.54) is 11.9 Å². The fourth-order valence-electron chi connectivity index (χ4n) is 3.78. The van der Waals surface area contributed by atoms with E-state index in [0.29, 0.717) is 17.1 Å². The summed E-state index contributed by atoms with van der Waals surface area (Å²) in [5, 5.41) is 15.3. The second-order valence-corrected chi connectivity index (χ2v) is 11.4. The Morgan fingerprint density at radius 2 is 1.76 bits per heavy atom. The molecule has 0 radical (unpaired) electrons. The van der Waals surface area contributed by atoms with Crippen molar-refractivity contribution in [1.29, 1.82) is 5.26 Å². The summed E-state index contributed by atoms with van der Waals surface area (Å²) in [5.74, 6) is -0.0150. The van der Waals surface area contributed by atoms with Gasteiger partial charge in [0.05, 0.1) is 5.92 Å². The normalized spacial score (nSPS) is 17.2. The zero-order chi connectivity index (χ0) is 31.4. The molecule has 2 aromatic carbocycles. The van der Waals surface area contributed by atoms with Gasteiger partial charge in [0.2, 0.25) is 11.1 Å². The van der Waals surface area contributed by atoms with Crippen molar-refractivity contribution in [2.45, 2.75) is 20.0 Å². The lowest BCUT2D eigenvalue weighted by Crippen LogP contribution is -2.28. The Morgan fingerprint density at radius 3 is 2.31 bits per heavy atom. The summed E-state index contributed by atoms with van der Waals surface area (Å²) in [4.78, 5) is 40.3. The van der Waals surface area contributed by atoms with Gasteiger partial charge in [-0.25, -0.2) is 4.79 Å². The minimum Gasteiger partial charge on any atom is -0.457 e. The maximum absolute atomic E-state index is 12.6. The highest BCUT2D eigenvalue weighted by Gasteiger charge is 2.62. The van der Waals surface area contributed by atoms with E-state index in [-0.39, 0.29) is 32.7 Å². The van der Waals surface area contributed by atoms with Crippen molar-refractivity contribution in [2.24, 2.45) is 22.4 Å². The zero-order valence-corrected chi connectivity index (χ0v) is 26.3. The monoisotopic (exact) mass is 634 g/mol. The summed E-state index contributed by atoms with van der Waals surface area (Å²) in [7, 11) is 4.59. The van der Waals surface area contributed by atoms with Crippen LogP contribution in [0.4, 0.5) is 4.79 Å². The molecule has 0 aliphatic heterocycles. The SMILES string of the molecule is CC1(C)C(C=C(Cl)Cl)C1C(=O)OC(C#N)c1cccc(Oc2ccccc2)c1.CNC(=O)O/N=C(/SC)C(=O)N(C)C. The number of carbonyl (C=O) groups is 3. The van der Waals surface area contributed by atoms with Gasteiger partial charge in [0.1, 0.15) is 22.1 Å². The van der Waals surface area contributed by atoms with Gasteiger partial charge in [0.15, 0.2) is 0 Å². The van der Waals surface area contributed by atoms with Crippen LogP contribution in [-0.2, 0) is 19.2 Å². The Labute approximate surface area is 259 Å². The number of para-hydroxylation sites is 1. The van der Waals surface area contributed by atoms with E-state index in [4.69, 9.17) is 32.7 Å². The molecule has 1 aliphatic carbocycles. The van der Waals surface area contributed by atoms with Crippen LogP contribution in [0.1, 0.15) is 25.5 Å². The third kappa shape index (κ3) is 9.98. The second-order valence-electron chi connectivity index (χ2n) is 9.64. The molecule has 3 rings (SSSR count). The number of hydrogen-bond donors (Lipinski definition) is 1. The Balaban J connectivity index is 0.000000374. The third-order valence-corrected chi connectivity index (χ3v) is 7.05. The van der Waals surface area contributed by atoms with Crippen molar-refractivity contribution in [3.63, 3.8) is 0 Å². The Bertz CT molecular complexity index is 1360. The first-order chi connectivity index (χ1) is 19.8. The van der Waals surface area contributed by atoms with Crippen LogP contribution in [0.15, 0.2) is 70.3 Å². The van der Waals surface area contributed by atoms with Crippen LogP contribution in [0.2, 0.25) is 0 Å². The van der Waals surface area contributed by atoms with Crippen LogP contribution >= 0.6 is 35.0 Å². The second kappa shape index (κ2) is 16.1. The molecule has 1 N–H and O–H groups in total. The van der Waals surface area contributed by atoms with E-state index < -0.39 is 18.2 Å². The first kappa shape index (κ1) is 34.5. The lowest BCUT2D eigenvalue weighted by atomic mass is 10.1. The standard InChI is InChI=1S/C22H19Cl2NO3.C7H13N3O3S/c1-22(2)17(12-19(23)24)20(22)21(26)28-18(13-25)14-7-6-10-16(11-14)27-15-8-4-3-5-9-15;1-8-7(12)13-9-5(14-4)6(11)10(2)3/h3-12,17-18,20H,1-2H3;1-4H3,(H,8,12)/b;9-5+. The summed E-state index contributed by atoms with van der Waals surface area (Å²) in [6.45, 7) is 3.87. The molecule has 1 fully saturated rings. The van der Waals surface area contributed by atoms with Crippen molar-refractivity contribution in [2.75, 3.05) is 27.4 Å². The zero-order valence-electron chi connectivity index (χ0n) is 24.0. The largest absolute Gasteiger partial charge is 0.457 e. The minimum absolute atomic E-state index is 0.114. The number of nitriles is 1. The number of halogens is 2. The van der Waals surface area contributed by atoms with Crippen LogP contribution in [0.3, 0.4) is 0 Å². The van der Waals surface area contributed by atoms with Crippen LogP contribution in [0, 0.1) is 28.6 Å². The van der Waals surface area contributed by atoms with Gasteiger partial charge in [-0.3, -0.25) is 14.4 Å². The number of ether oxygens (including phenoxy) is 2. The fraction of sp³-hybridized carbons (Fsp3) is 0.345. The summed E-state index contributed by atoms with van der Waals surface area (Å²) < 4.78 is 11.4. The Morgan fingerprint density at radius 1 is 1.12 bits per heavy atom. The fourth-order valence-corrected chi connectivity index (χ4v) is 4.52. The van der Waals surface area contributed by atoms with Crippen molar-refractivity contribution >= 4 is 58.0 Å². The van der Waals surface area contributed by atoms with Gasteiger partial charge in [0, 0.05) is 26.7 Å². The highest BCUT2D eigenvalue weighted by atomic mass is 35.5. The molecule has 3 atom stereocenters. The summed E-state index contributed by atoms with van der Waals surface area (Å²) >= 11 is 12.6. The van der Waals surface area contributed by atoms with E-state index in [0.717, 1.165) is 11.8 Å². The molecule has 0 spiro atoms. The number of rotatable bonds is 7. The lowest BCUT2D eigenvalue weighted by Gasteiger charge is -2.13. The molecule has 0 saturated heterocycles. The predicted molar refractivity (Wildman–Crippen MR) is 163 cm³/mol. The van der Waals surface area contributed by atoms with E-state index >= 15 is 0 Å². The maximum Gasteiger partial charge on any atom is 0.433 e. The first-order valence-electron chi connectivity index (χ1n) is 12.5. The lowest BCUT2D eigenvalue weighted by molar-refractivity contribution is -0.149. The van der Waals surface area contributed by atoms with Crippen LogP contribution in [-0.4, -0.2) is 55.3 Å². The number of carbonyl (C=O) groups excluding carboxylic acids is 3. The van der Waals surface area contributed by atoms with Crippen LogP contribution < -0.4 is 10.1 Å². The van der Waals surface area contributed by atoms with E-state index in [2.05, 4.69) is 15.3 Å². The Hall–Kier alpha value is -3.72. The van der Waals surface area contributed by atoms with E-state index in [1.54, 1.807) is 50.7 Å². The summed E-state index contributed by atoms with van der Waals surface area (Å²) in [6, 6.07) is 18.3.